The molecule has 2 rings (SSSR count). The van der Waals surface area contributed by atoms with Crippen LogP contribution < -0.4 is 10.0 Å². The summed E-state index contributed by atoms with van der Waals surface area (Å²) >= 11 is 3.14. The lowest BCUT2D eigenvalue weighted by Gasteiger charge is -2.08. The van der Waals surface area contributed by atoms with Crippen molar-refractivity contribution in [3.63, 3.8) is 0 Å². The van der Waals surface area contributed by atoms with Gasteiger partial charge in [-0.25, -0.2) is 17.5 Å². The number of nitrogens with one attached hydrogen (secondary N) is 2. The summed E-state index contributed by atoms with van der Waals surface area (Å²) in [6.45, 7) is 0.511. The molecule has 0 aromatic heterocycles. The van der Waals surface area contributed by atoms with Crippen LogP contribution >= 0.6 is 15.9 Å². The molecule has 2 aromatic carbocycles. The molecule has 0 bridgehead atoms. The summed E-state index contributed by atoms with van der Waals surface area (Å²) in [6, 6.07) is 11.2. The highest BCUT2D eigenvalue weighted by Crippen LogP contribution is 2.18. The Morgan fingerprint density at radius 3 is 2.38 bits per heavy atom. The molecule has 0 radical (unpaired) electrons. The monoisotopic (exact) mass is 372 g/mol. The van der Waals surface area contributed by atoms with Crippen LogP contribution in [0.4, 0.5) is 10.1 Å². The smallest absolute Gasteiger partial charge is 0.240 e. The number of hydrogen-bond acceptors (Lipinski definition) is 3. The van der Waals surface area contributed by atoms with E-state index in [1.54, 1.807) is 24.3 Å². The predicted octanol–water partition coefficient (Wildman–Crippen LogP) is 3.11. The van der Waals surface area contributed by atoms with Crippen LogP contribution in [0.5, 0.6) is 0 Å². The van der Waals surface area contributed by atoms with E-state index in [2.05, 4.69) is 26.0 Å². The maximum atomic E-state index is 13.1. The van der Waals surface area contributed by atoms with Crippen molar-refractivity contribution in [2.75, 3.05) is 12.4 Å². The van der Waals surface area contributed by atoms with Crippen LogP contribution in [-0.2, 0) is 16.6 Å². The first-order valence-corrected chi connectivity index (χ1v) is 8.41. The number of halogens is 2. The molecule has 0 aliphatic heterocycles. The Morgan fingerprint density at radius 1 is 1.14 bits per heavy atom. The third-order valence-corrected chi connectivity index (χ3v) is 4.95. The number of benzene rings is 2. The van der Waals surface area contributed by atoms with Crippen molar-refractivity contribution in [2.45, 2.75) is 11.4 Å². The van der Waals surface area contributed by atoms with Crippen molar-refractivity contribution in [2.24, 2.45) is 0 Å². The van der Waals surface area contributed by atoms with Gasteiger partial charge in [-0.3, -0.25) is 0 Å². The molecule has 2 aromatic rings. The van der Waals surface area contributed by atoms with E-state index in [0.29, 0.717) is 11.0 Å². The Bertz CT molecular complexity index is 733. The van der Waals surface area contributed by atoms with Gasteiger partial charge >= 0.3 is 0 Å². The van der Waals surface area contributed by atoms with Gasteiger partial charge in [0.05, 0.1) is 9.37 Å². The van der Waals surface area contributed by atoms with E-state index in [-0.39, 0.29) is 10.7 Å². The lowest BCUT2D eigenvalue weighted by atomic mass is 10.2. The highest BCUT2D eigenvalue weighted by Gasteiger charge is 2.10. The third kappa shape index (κ3) is 4.03. The summed E-state index contributed by atoms with van der Waals surface area (Å²) in [5.41, 5.74) is 1.70. The summed E-state index contributed by atoms with van der Waals surface area (Å²) in [7, 11) is -2.05. The zero-order valence-corrected chi connectivity index (χ0v) is 13.6. The molecular formula is C14H14BrFN2O2S. The summed E-state index contributed by atoms with van der Waals surface area (Å²) in [5.74, 6) is -0.305. The van der Waals surface area contributed by atoms with E-state index in [0.717, 1.165) is 11.3 Å². The average Bonchev–Trinajstić information content (AvgIpc) is 2.49. The molecule has 0 fully saturated rings. The summed E-state index contributed by atoms with van der Waals surface area (Å²) in [5, 5.41) is 3.15. The maximum Gasteiger partial charge on any atom is 0.240 e. The molecule has 0 aliphatic carbocycles. The standard InChI is InChI=1S/C14H14BrFN2O2S/c1-17-21(19,20)12-5-3-11(4-6-12)18-9-10-2-7-14(16)13(15)8-10/h2-8,17-18H,9H2,1H3. The molecule has 4 nitrogen and oxygen atoms in total. The second kappa shape index (κ2) is 6.55. The molecule has 0 aliphatic rings. The van der Waals surface area contributed by atoms with Crippen LogP contribution in [0.3, 0.4) is 0 Å². The van der Waals surface area contributed by atoms with E-state index in [1.807, 2.05) is 0 Å². The largest absolute Gasteiger partial charge is 0.381 e. The Kier molecular flexibility index (Phi) is 4.97. The predicted molar refractivity (Wildman–Crippen MR) is 84.1 cm³/mol. The van der Waals surface area contributed by atoms with Crippen molar-refractivity contribution >= 4 is 31.6 Å². The number of hydrogen-bond donors (Lipinski definition) is 2. The van der Waals surface area contributed by atoms with Gasteiger partial charge in [0.1, 0.15) is 5.82 Å². The van der Waals surface area contributed by atoms with Crippen molar-refractivity contribution < 1.29 is 12.8 Å². The van der Waals surface area contributed by atoms with Crippen LogP contribution in [0.25, 0.3) is 0 Å². The fraction of sp³-hybridized carbons (Fsp3) is 0.143. The fourth-order valence-electron chi connectivity index (χ4n) is 1.72. The fourth-order valence-corrected chi connectivity index (χ4v) is 2.88. The normalized spacial score (nSPS) is 11.4. The molecule has 0 amide bonds. The van der Waals surface area contributed by atoms with Gasteiger partial charge in [0.25, 0.3) is 0 Å². The lowest BCUT2D eigenvalue weighted by molar-refractivity contribution is 0.588. The summed E-state index contributed by atoms with van der Waals surface area (Å²) in [6.07, 6.45) is 0. The van der Waals surface area contributed by atoms with Crippen LogP contribution in [-0.4, -0.2) is 15.5 Å². The van der Waals surface area contributed by atoms with Gasteiger partial charge < -0.3 is 5.32 Å². The lowest BCUT2D eigenvalue weighted by Crippen LogP contribution is -2.18. The minimum absolute atomic E-state index is 0.208. The average molecular weight is 373 g/mol. The van der Waals surface area contributed by atoms with Crippen molar-refractivity contribution in [1.29, 1.82) is 0 Å². The summed E-state index contributed by atoms with van der Waals surface area (Å²) < 4.78 is 39.0. The van der Waals surface area contributed by atoms with Crippen molar-refractivity contribution in [1.82, 2.24) is 4.72 Å². The van der Waals surface area contributed by atoms with Crippen LogP contribution in [0.1, 0.15) is 5.56 Å². The van der Waals surface area contributed by atoms with Crippen molar-refractivity contribution in [3.05, 3.63) is 58.3 Å². The second-order valence-corrected chi connectivity index (χ2v) is 7.07. The van der Waals surface area contributed by atoms with E-state index in [4.69, 9.17) is 0 Å². The first kappa shape index (κ1) is 15.9. The molecule has 21 heavy (non-hydrogen) atoms. The molecule has 2 N–H and O–H groups in total. The highest BCUT2D eigenvalue weighted by atomic mass is 79.9. The molecule has 0 saturated carbocycles. The Hall–Kier alpha value is -1.44. The van der Waals surface area contributed by atoms with E-state index < -0.39 is 10.0 Å². The van der Waals surface area contributed by atoms with Gasteiger partial charge in [-0.15, -0.1) is 0 Å². The second-order valence-electron chi connectivity index (χ2n) is 4.33. The summed E-state index contributed by atoms with van der Waals surface area (Å²) in [4.78, 5) is 0.208. The first-order valence-electron chi connectivity index (χ1n) is 6.14. The number of rotatable bonds is 5. The van der Waals surface area contributed by atoms with Gasteiger partial charge in [-0.2, -0.15) is 0 Å². The minimum Gasteiger partial charge on any atom is -0.381 e. The molecule has 7 heteroatoms. The topological polar surface area (TPSA) is 58.2 Å². The quantitative estimate of drug-likeness (QED) is 0.847. The highest BCUT2D eigenvalue weighted by molar-refractivity contribution is 9.10. The van der Waals surface area contributed by atoms with Gasteiger partial charge in [0.2, 0.25) is 10.0 Å². The molecule has 0 spiro atoms. The molecule has 0 heterocycles. The molecular weight excluding hydrogens is 359 g/mol. The van der Waals surface area contributed by atoms with E-state index in [9.17, 15) is 12.8 Å². The molecule has 0 saturated heterocycles. The van der Waals surface area contributed by atoms with Crippen molar-refractivity contribution in [3.8, 4) is 0 Å². The van der Waals surface area contributed by atoms with Gasteiger partial charge in [0, 0.05) is 12.2 Å². The third-order valence-electron chi connectivity index (χ3n) is 2.91. The number of sulfonamides is 1. The molecule has 112 valence electrons. The number of anilines is 1. The molecule has 0 unspecified atom stereocenters. The van der Waals surface area contributed by atoms with Crippen LogP contribution in [0.15, 0.2) is 51.8 Å². The van der Waals surface area contributed by atoms with Crippen LogP contribution in [0, 0.1) is 5.82 Å². The first-order chi connectivity index (χ1) is 9.92. The van der Waals surface area contributed by atoms with Crippen LogP contribution in [0.2, 0.25) is 0 Å². The minimum atomic E-state index is -3.42. The van der Waals surface area contributed by atoms with Gasteiger partial charge in [-0.1, -0.05) is 6.07 Å². The Morgan fingerprint density at radius 2 is 1.81 bits per heavy atom. The zero-order valence-electron chi connectivity index (χ0n) is 11.2. The van der Waals surface area contributed by atoms with Gasteiger partial charge in [-0.05, 0) is 64.9 Å². The zero-order chi connectivity index (χ0) is 15.5. The van der Waals surface area contributed by atoms with E-state index in [1.165, 1.54) is 25.2 Å². The molecule has 0 atom stereocenters. The van der Waals surface area contributed by atoms with Gasteiger partial charge in [0.15, 0.2) is 0 Å². The van der Waals surface area contributed by atoms with E-state index >= 15 is 0 Å². The Labute approximate surface area is 131 Å². The maximum absolute atomic E-state index is 13.1. The Balaban J connectivity index is 2.05. The SMILES string of the molecule is CNS(=O)(=O)c1ccc(NCc2ccc(F)c(Br)c2)cc1.